The molecule has 4 heteroatoms. The van der Waals surface area contributed by atoms with Gasteiger partial charge in [0.1, 0.15) is 4.60 Å². The van der Waals surface area contributed by atoms with Crippen molar-refractivity contribution in [2.24, 2.45) is 0 Å². The van der Waals surface area contributed by atoms with Crippen LogP contribution in [-0.4, -0.2) is 24.1 Å². The molecule has 1 aliphatic heterocycles. The molecule has 0 aromatic carbocycles. The first-order chi connectivity index (χ1) is 6.25. The molecule has 2 N–H and O–H groups in total. The number of aryl methyl sites for hydroxylation is 1. The van der Waals surface area contributed by atoms with Gasteiger partial charge in [-0.25, -0.2) is 4.98 Å². The van der Waals surface area contributed by atoms with Crippen molar-refractivity contribution in [3.63, 3.8) is 0 Å². The van der Waals surface area contributed by atoms with Crippen LogP contribution in [0.4, 0.5) is 5.69 Å². The zero-order valence-corrected chi connectivity index (χ0v) is 9.06. The summed E-state index contributed by atoms with van der Waals surface area (Å²) in [6.07, 6.45) is 0. The molecule has 2 rings (SSSR count). The second-order valence-corrected chi connectivity index (χ2v) is 4.08. The molecule has 0 aliphatic carbocycles. The van der Waals surface area contributed by atoms with Crippen LogP contribution in [0.15, 0.2) is 16.7 Å². The molecule has 0 atom stereocenters. The van der Waals surface area contributed by atoms with E-state index in [2.05, 4.69) is 37.6 Å². The van der Waals surface area contributed by atoms with Crippen molar-refractivity contribution in [1.29, 1.82) is 0 Å². The zero-order valence-electron chi connectivity index (χ0n) is 7.47. The number of hydrogen-bond donors (Lipinski definition) is 2. The Labute approximate surface area is 86.1 Å². The van der Waals surface area contributed by atoms with Gasteiger partial charge in [-0.2, -0.15) is 0 Å². The molecule has 1 fully saturated rings. The van der Waals surface area contributed by atoms with Gasteiger partial charge >= 0.3 is 0 Å². The minimum absolute atomic E-state index is 0.571. The lowest BCUT2D eigenvalue weighted by molar-refractivity contribution is 0.472. The highest BCUT2D eigenvalue weighted by molar-refractivity contribution is 9.10. The lowest BCUT2D eigenvalue weighted by atomic mass is 10.1. The van der Waals surface area contributed by atoms with E-state index in [1.165, 1.54) is 0 Å². The maximum Gasteiger partial charge on any atom is 0.106 e. The molecule has 0 amide bonds. The first-order valence-corrected chi connectivity index (χ1v) is 5.15. The molecule has 0 saturated carbocycles. The Kier molecular flexibility index (Phi) is 2.51. The standard InChI is InChI=1S/C9H12BrN3/c1-6-8(2-3-9(10)12-6)13-7-4-11-5-7/h2-3,7,11,13H,4-5H2,1H3. The number of anilines is 1. The summed E-state index contributed by atoms with van der Waals surface area (Å²) in [7, 11) is 0. The molecule has 0 bridgehead atoms. The third-order valence-electron chi connectivity index (χ3n) is 2.19. The number of halogens is 1. The summed E-state index contributed by atoms with van der Waals surface area (Å²) < 4.78 is 0.891. The predicted molar refractivity (Wildman–Crippen MR) is 57.0 cm³/mol. The molecule has 70 valence electrons. The highest BCUT2D eigenvalue weighted by Gasteiger charge is 2.16. The van der Waals surface area contributed by atoms with E-state index in [0.29, 0.717) is 6.04 Å². The maximum atomic E-state index is 4.32. The SMILES string of the molecule is Cc1nc(Br)ccc1NC1CNC1. The molecular weight excluding hydrogens is 230 g/mol. The lowest BCUT2D eigenvalue weighted by Gasteiger charge is -2.29. The van der Waals surface area contributed by atoms with Gasteiger partial charge in [-0.05, 0) is 35.0 Å². The van der Waals surface area contributed by atoms with Crippen LogP contribution in [0, 0.1) is 6.92 Å². The van der Waals surface area contributed by atoms with Crippen molar-refractivity contribution in [3.8, 4) is 0 Å². The van der Waals surface area contributed by atoms with Crippen LogP contribution in [0.3, 0.4) is 0 Å². The van der Waals surface area contributed by atoms with E-state index in [1.54, 1.807) is 0 Å². The van der Waals surface area contributed by atoms with Gasteiger partial charge in [-0.1, -0.05) is 0 Å². The first kappa shape index (κ1) is 8.97. The van der Waals surface area contributed by atoms with Crippen LogP contribution in [-0.2, 0) is 0 Å². The Balaban J connectivity index is 2.10. The highest BCUT2D eigenvalue weighted by atomic mass is 79.9. The highest BCUT2D eigenvalue weighted by Crippen LogP contribution is 2.17. The molecule has 0 spiro atoms. The van der Waals surface area contributed by atoms with Gasteiger partial charge in [0, 0.05) is 13.1 Å². The van der Waals surface area contributed by atoms with Crippen molar-refractivity contribution in [1.82, 2.24) is 10.3 Å². The fraction of sp³-hybridized carbons (Fsp3) is 0.444. The summed E-state index contributed by atoms with van der Waals surface area (Å²) in [5.74, 6) is 0. The average molecular weight is 242 g/mol. The van der Waals surface area contributed by atoms with E-state index in [-0.39, 0.29) is 0 Å². The number of pyridine rings is 1. The van der Waals surface area contributed by atoms with E-state index in [9.17, 15) is 0 Å². The third kappa shape index (κ3) is 2.00. The van der Waals surface area contributed by atoms with Crippen molar-refractivity contribution < 1.29 is 0 Å². The second-order valence-electron chi connectivity index (χ2n) is 3.27. The quantitative estimate of drug-likeness (QED) is 0.772. The van der Waals surface area contributed by atoms with E-state index in [0.717, 1.165) is 29.1 Å². The van der Waals surface area contributed by atoms with E-state index in [1.807, 2.05) is 13.0 Å². The molecule has 1 saturated heterocycles. The molecule has 3 nitrogen and oxygen atoms in total. The number of aromatic nitrogens is 1. The summed E-state index contributed by atoms with van der Waals surface area (Å²) >= 11 is 3.34. The zero-order chi connectivity index (χ0) is 9.26. The summed E-state index contributed by atoms with van der Waals surface area (Å²) in [4.78, 5) is 4.32. The molecule has 2 heterocycles. The summed E-state index contributed by atoms with van der Waals surface area (Å²) in [6.45, 7) is 4.12. The average Bonchev–Trinajstić information content (AvgIpc) is 1.99. The molecular formula is C9H12BrN3. The number of nitrogens with one attached hydrogen (secondary N) is 2. The van der Waals surface area contributed by atoms with Gasteiger partial charge in [0.2, 0.25) is 0 Å². The van der Waals surface area contributed by atoms with Crippen LogP contribution in [0.1, 0.15) is 5.69 Å². The molecule has 1 aromatic heterocycles. The lowest BCUT2D eigenvalue weighted by Crippen LogP contribution is -2.51. The summed E-state index contributed by atoms with van der Waals surface area (Å²) in [6, 6.07) is 4.59. The second kappa shape index (κ2) is 3.64. The molecule has 1 aliphatic rings. The van der Waals surface area contributed by atoms with E-state index < -0.39 is 0 Å². The largest absolute Gasteiger partial charge is 0.378 e. The van der Waals surface area contributed by atoms with Crippen LogP contribution in [0.25, 0.3) is 0 Å². The number of rotatable bonds is 2. The van der Waals surface area contributed by atoms with Crippen molar-refractivity contribution in [3.05, 3.63) is 22.4 Å². The Hall–Kier alpha value is -0.610. The first-order valence-electron chi connectivity index (χ1n) is 4.36. The van der Waals surface area contributed by atoms with Crippen LogP contribution >= 0.6 is 15.9 Å². The van der Waals surface area contributed by atoms with Gasteiger partial charge in [-0.15, -0.1) is 0 Å². The fourth-order valence-electron chi connectivity index (χ4n) is 1.29. The predicted octanol–water partition coefficient (Wildman–Crippen LogP) is 1.54. The molecule has 0 radical (unpaired) electrons. The molecule has 13 heavy (non-hydrogen) atoms. The number of nitrogens with zero attached hydrogens (tertiary/aromatic N) is 1. The Morgan fingerprint density at radius 1 is 1.54 bits per heavy atom. The maximum absolute atomic E-state index is 4.32. The van der Waals surface area contributed by atoms with E-state index >= 15 is 0 Å². The normalized spacial score (nSPS) is 16.8. The van der Waals surface area contributed by atoms with Gasteiger partial charge in [0.25, 0.3) is 0 Å². The molecule has 0 unspecified atom stereocenters. The van der Waals surface area contributed by atoms with Crippen molar-refractivity contribution in [2.45, 2.75) is 13.0 Å². The van der Waals surface area contributed by atoms with E-state index in [4.69, 9.17) is 0 Å². The minimum Gasteiger partial charge on any atom is -0.378 e. The Morgan fingerprint density at radius 2 is 2.31 bits per heavy atom. The number of hydrogen-bond acceptors (Lipinski definition) is 3. The van der Waals surface area contributed by atoms with Crippen molar-refractivity contribution in [2.75, 3.05) is 18.4 Å². The van der Waals surface area contributed by atoms with Gasteiger partial charge in [0.05, 0.1) is 17.4 Å². The Bertz CT molecular complexity index is 310. The molecule has 1 aromatic rings. The third-order valence-corrected chi connectivity index (χ3v) is 2.63. The monoisotopic (exact) mass is 241 g/mol. The topological polar surface area (TPSA) is 37.0 Å². The van der Waals surface area contributed by atoms with Crippen LogP contribution in [0.2, 0.25) is 0 Å². The smallest absolute Gasteiger partial charge is 0.106 e. The van der Waals surface area contributed by atoms with Crippen molar-refractivity contribution >= 4 is 21.6 Å². The summed E-state index contributed by atoms with van der Waals surface area (Å²) in [5, 5.41) is 6.65. The van der Waals surface area contributed by atoms with Crippen LogP contribution in [0.5, 0.6) is 0 Å². The van der Waals surface area contributed by atoms with Crippen LogP contribution < -0.4 is 10.6 Å². The van der Waals surface area contributed by atoms with Gasteiger partial charge < -0.3 is 10.6 Å². The Morgan fingerprint density at radius 3 is 2.85 bits per heavy atom. The van der Waals surface area contributed by atoms with Gasteiger partial charge in [0.15, 0.2) is 0 Å². The fourth-order valence-corrected chi connectivity index (χ4v) is 1.69. The minimum atomic E-state index is 0.571. The summed E-state index contributed by atoms with van der Waals surface area (Å²) in [5.41, 5.74) is 2.18. The van der Waals surface area contributed by atoms with Gasteiger partial charge in [-0.3, -0.25) is 0 Å².